The number of rotatable bonds is 7. The van der Waals surface area contributed by atoms with Crippen LogP contribution in [0.5, 0.6) is 0 Å². The molecule has 0 atom stereocenters. The van der Waals surface area contributed by atoms with E-state index in [0.717, 1.165) is 12.1 Å². The quantitative estimate of drug-likeness (QED) is 0.447. The number of unbranched alkanes of at least 4 members (excludes halogenated alkanes) is 1. The molecule has 0 amide bonds. The van der Waals surface area contributed by atoms with Crippen molar-refractivity contribution in [1.82, 2.24) is 4.72 Å². The molecule has 1 aromatic rings. The highest BCUT2D eigenvalue weighted by Gasteiger charge is 2.27. The zero-order valence-electron chi connectivity index (χ0n) is 10.2. The Balaban J connectivity index is 3.07. The van der Waals surface area contributed by atoms with Gasteiger partial charge in [0.15, 0.2) is 0 Å². The SMILES string of the molecule is O=[N+]([O-])c1c(Cl)ccc(S(=O)(=O)NCCCCO)c1Cl. The third-order valence-corrected chi connectivity index (χ3v) is 4.68. The number of nitro groups is 1. The van der Waals surface area contributed by atoms with E-state index in [-0.39, 0.29) is 18.2 Å². The largest absolute Gasteiger partial charge is 0.396 e. The Morgan fingerprint density at radius 3 is 2.50 bits per heavy atom. The summed E-state index contributed by atoms with van der Waals surface area (Å²) in [5, 5.41) is 18.6. The molecule has 112 valence electrons. The number of benzene rings is 1. The zero-order valence-corrected chi connectivity index (χ0v) is 12.5. The van der Waals surface area contributed by atoms with Crippen LogP contribution in [0.25, 0.3) is 0 Å². The van der Waals surface area contributed by atoms with E-state index in [1.165, 1.54) is 0 Å². The molecular weight excluding hydrogens is 331 g/mol. The third kappa shape index (κ3) is 4.03. The van der Waals surface area contributed by atoms with Gasteiger partial charge in [-0.05, 0) is 25.0 Å². The van der Waals surface area contributed by atoms with Crippen LogP contribution < -0.4 is 4.72 Å². The second kappa shape index (κ2) is 7.19. The average Bonchev–Trinajstić information content (AvgIpc) is 2.34. The number of nitrogens with one attached hydrogen (secondary N) is 1. The first kappa shape index (κ1) is 17.1. The lowest BCUT2D eigenvalue weighted by molar-refractivity contribution is -0.384. The predicted molar refractivity (Wildman–Crippen MR) is 74.6 cm³/mol. The first-order valence-electron chi connectivity index (χ1n) is 5.54. The number of hydrogen-bond acceptors (Lipinski definition) is 5. The molecule has 0 saturated heterocycles. The number of sulfonamides is 1. The van der Waals surface area contributed by atoms with Crippen molar-refractivity contribution in [2.75, 3.05) is 13.2 Å². The molecule has 0 aliphatic heterocycles. The smallest absolute Gasteiger partial charge is 0.307 e. The van der Waals surface area contributed by atoms with Crippen LogP contribution in [0.1, 0.15) is 12.8 Å². The molecule has 20 heavy (non-hydrogen) atoms. The van der Waals surface area contributed by atoms with Gasteiger partial charge in [0, 0.05) is 13.2 Å². The van der Waals surface area contributed by atoms with Crippen molar-refractivity contribution < 1.29 is 18.4 Å². The second-order valence-electron chi connectivity index (χ2n) is 3.79. The van der Waals surface area contributed by atoms with Crippen molar-refractivity contribution >= 4 is 38.9 Å². The highest BCUT2D eigenvalue weighted by molar-refractivity contribution is 7.89. The molecule has 7 nitrogen and oxygen atoms in total. The van der Waals surface area contributed by atoms with Gasteiger partial charge in [0.25, 0.3) is 0 Å². The maximum atomic E-state index is 12.0. The van der Waals surface area contributed by atoms with Crippen LogP contribution in [-0.4, -0.2) is 31.6 Å². The van der Waals surface area contributed by atoms with E-state index in [2.05, 4.69) is 4.72 Å². The summed E-state index contributed by atoms with van der Waals surface area (Å²) in [6.45, 7) is 0.0462. The topological polar surface area (TPSA) is 110 Å². The highest BCUT2D eigenvalue weighted by atomic mass is 35.5. The molecule has 0 fully saturated rings. The Hall–Kier alpha value is -0.930. The van der Waals surface area contributed by atoms with Crippen molar-refractivity contribution in [3.63, 3.8) is 0 Å². The van der Waals surface area contributed by atoms with Gasteiger partial charge in [-0.15, -0.1) is 0 Å². The maximum absolute atomic E-state index is 12.0. The first-order chi connectivity index (χ1) is 9.31. The average molecular weight is 343 g/mol. The van der Waals surface area contributed by atoms with Gasteiger partial charge < -0.3 is 5.11 Å². The molecule has 2 N–H and O–H groups in total. The van der Waals surface area contributed by atoms with Crippen LogP contribution in [0.3, 0.4) is 0 Å². The van der Waals surface area contributed by atoms with E-state index < -0.39 is 30.6 Å². The van der Waals surface area contributed by atoms with Crippen LogP contribution in [0.4, 0.5) is 5.69 Å². The van der Waals surface area contributed by atoms with E-state index in [0.29, 0.717) is 12.8 Å². The standard InChI is InChI=1S/C10H12Cl2N2O5S/c11-7-3-4-8(9(12)10(7)14(16)17)20(18,19)13-5-1-2-6-15/h3-4,13,15H,1-2,5-6H2. The fourth-order valence-corrected chi connectivity index (χ4v) is 3.38. The van der Waals surface area contributed by atoms with Gasteiger partial charge >= 0.3 is 5.69 Å². The molecule has 0 heterocycles. The van der Waals surface area contributed by atoms with E-state index in [1.54, 1.807) is 0 Å². The summed E-state index contributed by atoms with van der Waals surface area (Å²) < 4.78 is 26.2. The molecule has 0 bridgehead atoms. The maximum Gasteiger partial charge on any atom is 0.307 e. The summed E-state index contributed by atoms with van der Waals surface area (Å²) in [5.74, 6) is 0. The number of nitrogens with zero attached hydrogens (tertiary/aromatic N) is 1. The van der Waals surface area contributed by atoms with Gasteiger partial charge in [0.05, 0.1) is 4.92 Å². The van der Waals surface area contributed by atoms with Crippen LogP contribution in [0.2, 0.25) is 10.0 Å². The fraction of sp³-hybridized carbons (Fsp3) is 0.400. The van der Waals surface area contributed by atoms with Crippen molar-refractivity contribution in [2.45, 2.75) is 17.7 Å². The minimum atomic E-state index is -3.97. The number of aliphatic hydroxyl groups is 1. The monoisotopic (exact) mass is 342 g/mol. The Morgan fingerprint density at radius 2 is 1.95 bits per heavy atom. The molecule has 1 rings (SSSR count). The van der Waals surface area contributed by atoms with Crippen LogP contribution >= 0.6 is 23.2 Å². The van der Waals surface area contributed by atoms with Gasteiger partial charge in [0.2, 0.25) is 10.0 Å². The van der Waals surface area contributed by atoms with Gasteiger partial charge in [-0.2, -0.15) is 0 Å². The molecule has 0 radical (unpaired) electrons. The summed E-state index contributed by atoms with van der Waals surface area (Å²) in [4.78, 5) is 9.57. The van der Waals surface area contributed by atoms with Gasteiger partial charge in [-0.3, -0.25) is 10.1 Å². The number of halogens is 2. The Labute approximate surface area is 125 Å². The zero-order chi connectivity index (χ0) is 15.3. The Bertz CT molecular complexity index is 606. The molecule has 0 aliphatic carbocycles. The highest BCUT2D eigenvalue weighted by Crippen LogP contribution is 2.36. The van der Waals surface area contributed by atoms with E-state index >= 15 is 0 Å². The molecule has 1 aromatic carbocycles. The summed E-state index contributed by atoms with van der Waals surface area (Å²) in [6, 6.07) is 2.21. The molecule has 0 aromatic heterocycles. The second-order valence-corrected chi connectivity index (χ2v) is 6.31. The fourth-order valence-electron chi connectivity index (χ4n) is 1.42. The Kier molecular flexibility index (Phi) is 6.15. The lowest BCUT2D eigenvalue weighted by atomic mass is 10.3. The van der Waals surface area contributed by atoms with E-state index in [9.17, 15) is 18.5 Å². The van der Waals surface area contributed by atoms with Gasteiger partial charge in [-0.25, -0.2) is 13.1 Å². The summed E-state index contributed by atoms with van der Waals surface area (Å²) in [6.07, 6.45) is 0.875. The lowest BCUT2D eigenvalue weighted by Gasteiger charge is -2.08. The molecular formula is C10H12Cl2N2O5S. The third-order valence-electron chi connectivity index (χ3n) is 2.38. The van der Waals surface area contributed by atoms with Crippen LogP contribution in [0.15, 0.2) is 17.0 Å². The normalized spacial score (nSPS) is 11.6. The summed E-state index contributed by atoms with van der Waals surface area (Å²) in [5.41, 5.74) is -0.647. The lowest BCUT2D eigenvalue weighted by Crippen LogP contribution is -2.25. The number of hydrogen-bond donors (Lipinski definition) is 2. The summed E-state index contributed by atoms with van der Waals surface area (Å²) in [7, 11) is -3.97. The van der Waals surface area contributed by atoms with Crippen LogP contribution in [-0.2, 0) is 10.0 Å². The van der Waals surface area contributed by atoms with Crippen LogP contribution in [0, 0.1) is 10.1 Å². The minimum absolute atomic E-state index is 0.0467. The summed E-state index contributed by atoms with van der Waals surface area (Å²) >= 11 is 11.4. The van der Waals surface area contributed by atoms with E-state index in [4.69, 9.17) is 28.3 Å². The first-order valence-corrected chi connectivity index (χ1v) is 7.78. The molecule has 10 heteroatoms. The van der Waals surface area contributed by atoms with Crippen molar-refractivity contribution in [3.05, 3.63) is 32.3 Å². The number of nitro benzene ring substituents is 1. The Morgan fingerprint density at radius 1 is 1.30 bits per heavy atom. The van der Waals surface area contributed by atoms with Gasteiger partial charge in [-0.1, -0.05) is 23.2 Å². The molecule has 0 unspecified atom stereocenters. The van der Waals surface area contributed by atoms with E-state index in [1.807, 2.05) is 0 Å². The predicted octanol–water partition coefficient (Wildman–Crippen LogP) is 1.95. The van der Waals surface area contributed by atoms with Gasteiger partial charge in [0.1, 0.15) is 14.9 Å². The minimum Gasteiger partial charge on any atom is -0.396 e. The molecule has 0 saturated carbocycles. The van der Waals surface area contributed by atoms with Crippen molar-refractivity contribution in [2.24, 2.45) is 0 Å². The van der Waals surface area contributed by atoms with Crippen molar-refractivity contribution in [1.29, 1.82) is 0 Å². The van der Waals surface area contributed by atoms with Crippen molar-refractivity contribution in [3.8, 4) is 0 Å². The molecule has 0 aliphatic rings. The number of aliphatic hydroxyl groups excluding tert-OH is 1. The molecule has 0 spiro atoms.